The van der Waals surface area contributed by atoms with Gasteiger partial charge < -0.3 is 4.90 Å². The van der Waals surface area contributed by atoms with E-state index in [1.54, 1.807) is 0 Å². The Balaban J connectivity index is 3.11. The van der Waals surface area contributed by atoms with Crippen LogP contribution >= 0.6 is 0 Å². The Kier molecular flexibility index (Phi) is 5.80. The predicted molar refractivity (Wildman–Crippen MR) is 79.0 cm³/mol. The largest absolute Gasteiger partial charge is 0.304 e. The van der Waals surface area contributed by atoms with E-state index in [1.807, 2.05) is 0 Å². The second-order valence-electron chi connectivity index (χ2n) is 5.63. The molecular weight excluding hydrogens is 220 g/mol. The zero-order valence-electron chi connectivity index (χ0n) is 12.8. The normalized spacial score (nSPS) is 14.8. The number of rotatable bonds is 6. The van der Waals surface area contributed by atoms with E-state index >= 15 is 0 Å². The number of hydrogen-bond acceptors (Lipinski definition) is 2. The Labute approximate surface area is 112 Å². The molecule has 0 bridgehead atoms. The van der Waals surface area contributed by atoms with Gasteiger partial charge >= 0.3 is 0 Å². The Morgan fingerprint density at radius 2 is 1.67 bits per heavy atom. The van der Waals surface area contributed by atoms with Crippen LogP contribution in [-0.2, 0) is 6.54 Å². The van der Waals surface area contributed by atoms with Gasteiger partial charge in [-0.05, 0) is 50.4 Å². The second kappa shape index (κ2) is 6.89. The summed E-state index contributed by atoms with van der Waals surface area (Å²) in [5.41, 5.74) is 3.91. The molecule has 2 atom stereocenters. The van der Waals surface area contributed by atoms with Crippen LogP contribution in [0.3, 0.4) is 0 Å². The van der Waals surface area contributed by atoms with Gasteiger partial charge in [-0.1, -0.05) is 33.8 Å². The van der Waals surface area contributed by atoms with Crippen molar-refractivity contribution in [3.63, 3.8) is 0 Å². The van der Waals surface area contributed by atoms with E-state index in [-0.39, 0.29) is 0 Å². The molecule has 1 aromatic rings. The van der Waals surface area contributed by atoms with Crippen LogP contribution < -0.4 is 0 Å². The molecule has 0 spiro atoms. The first-order valence-corrected chi connectivity index (χ1v) is 7.13. The molecule has 0 aliphatic rings. The summed E-state index contributed by atoms with van der Waals surface area (Å²) in [6, 6.07) is 4.51. The lowest BCUT2D eigenvalue weighted by Crippen LogP contribution is -2.16. The van der Waals surface area contributed by atoms with Gasteiger partial charge in [-0.15, -0.1) is 0 Å². The molecule has 0 saturated carbocycles. The van der Waals surface area contributed by atoms with Crippen molar-refractivity contribution >= 4 is 0 Å². The molecule has 2 unspecified atom stereocenters. The topological polar surface area (TPSA) is 16.1 Å². The third kappa shape index (κ3) is 3.81. The van der Waals surface area contributed by atoms with Gasteiger partial charge in [0.05, 0.1) is 5.69 Å². The van der Waals surface area contributed by atoms with Crippen molar-refractivity contribution in [2.75, 3.05) is 14.1 Å². The van der Waals surface area contributed by atoms with Gasteiger partial charge in [0.2, 0.25) is 0 Å². The van der Waals surface area contributed by atoms with Gasteiger partial charge in [-0.3, -0.25) is 4.98 Å². The van der Waals surface area contributed by atoms with E-state index < -0.39 is 0 Å². The van der Waals surface area contributed by atoms with Gasteiger partial charge in [-0.25, -0.2) is 0 Å². The molecule has 0 radical (unpaired) electrons. The minimum absolute atomic E-state index is 0.553. The molecule has 0 N–H and O–H groups in total. The van der Waals surface area contributed by atoms with E-state index in [2.05, 4.69) is 58.8 Å². The molecule has 0 aliphatic heterocycles. The van der Waals surface area contributed by atoms with Crippen molar-refractivity contribution in [1.82, 2.24) is 9.88 Å². The van der Waals surface area contributed by atoms with Crippen molar-refractivity contribution in [2.45, 2.75) is 58.9 Å². The minimum atomic E-state index is 0.553. The van der Waals surface area contributed by atoms with Crippen molar-refractivity contribution in [2.24, 2.45) is 0 Å². The van der Waals surface area contributed by atoms with Gasteiger partial charge in [0.1, 0.15) is 0 Å². The molecule has 0 aliphatic carbocycles. The molecule has 1 rings (SSSR count). The average Bonchev–Trinajstić information content (AvgIpc) is 2.36. The molecule has 1 heterocycles. The quantitative estimate of drug-likeness (QED) is 0.751. The van der Waals surface area contributed by atoms with Crippen molar-refractivity contribution in [1.29, 1.82) is 0 Å². The van der Waals surface area contributed by atoms with Crippen LogP contribution in [0.2, 0.25) is 0 Å². The molecule has 18 heavy (non-hydrogen) atoms. The summed E-state index contributed by atoms with van der Waals surface area (Å²) in [4.78, 5) is 7.11. The summed E-state index contributed by atoms with van der Waals surface area (Å²) >= 11 is 0. The Hall–Kier alpha value is -0.890. The maximum Gasteiger partial charge on any atom is 0.0581 e. The average molecular weight is 248 g/mol. The fourth-order valence-electron chi connectivity index (χ4n) is 2.11. The van der Waals surface area contributed by atoms with E-state index in [9.17, 15) is 0 Å². The van der Waals surface area contributed by atoms with Crippen molar-refractivity contribution < 1.29 is 0 Å². The van der Waals surface area contributed by atoms with Crippen molar-refractivity contribution in [3.8, 4) is 0 Å². The highest BCUT2D eigenvalue weighted by Gasteiger charge is 2.14. The number of hydrogen-bond donors (Lipinski definition) is 0. The van der Waals surface area contributed by atoms with Gasteiger partial charge in [0.25, 0.3) is 0 Å². The lowest BCUT2D eigenvalue weighted by atomic mass is 9.94. The van der Waals surface area contributed by atoms with Crippen LogP contribution in [0, 0.1) is 0 Å². The maximum absolute atomic E-state index is 4.91. The van der Waals surface area contributed by atoms with Crippen LogP contribution in [0.25, 0.3) is 0 Å². The highest BCUT2D eigenvalue weighted by atomic mass is 15.1. The van der Waals surface area contributed by atoms with E-state index in [0.29, 0.717) is 11.8 Å². The Morgan fingerprint density at radius 1 is 1.06 bits per heavy atom. The summed E-state index contributed by atoms with van der Waals surface area (Å²) in [5, 5.41) is 0. The zero-order valence-corrected chi connectivity index (χ0v) is 12.8. The van der Waals surface area contributed by atoms with E-state index in [1.165, 1.54) is 23.4 Å². The van der Waals surface area contributed by atoms with Gasteiger partial charge in [-0.2, -0.15) is 0 Å². The van der Waals surface area contributed by atoms with Crippen LogP contribution in [0.15, 0.2) is 12.1 Å². The van der Waals surface area contributed by atoms with Crippen molar-refractivity contribution in [3.05, 3.63) is 29.1 Å². The summed E-state index contributed by atoms with van der Waals surface area (Å²) < 4.78 is 0. The molecule has 0 aromatic carbocycles. The SMILES string of the molecule is CCC(C)c1ccc(C(C)CC)c(CN(C)C)n1. The number of pyridine rings is 1. The molecule has 0 fully saturated rings. The van der Waals surface area contributed by atoms with Crippen LogP contribution in [-0.4, -0.2) is 24.0 Å². The monoisotopic (exact) mass is 248 g/mol. The standard InChI is InChI=1S/C16H28N2/c1-7-12(3)14-9-10-15(13(4)8-2)17-16(14)11-18(5)6/h9-10,12-13H,7-8,11H2,1-6H3. The summed E-state index contributed by atoms with van der Waals surface area (Å²) in [6.45, 7) is 9.95. The third-order valence-corrected chi connectivity index (χ3v) is 3.76. The fraction of sp³-hybridized carbons (Fsp3) is 0.688. The summed E-state index contributed by atoms with van der Waals surface area (Å²) in [7, 11) is 4.22. The Bertz CT molecular complexity index is 371. The molecule has 1 aromatic heterocycles. The molecule has 0 amide bonds. The third-order valence-electron chi connectivity index (χ3n) is 3.76. The maximum atomic E-state index is 4.91. The molecule has 0 saturated heterocycles. The number of nitrogens with zero attached hydrogens (tertiary/aromatic N) is 2. The van der Waals surface area contributed by atoms with Crippen LogP contribution in [0.1, 0.15) is 69.3 Å². The highest BCUT2D eigenvalue weighted by molar-refractivity contribution is 5.27. The Morgan fingerprint density at radius 3 is 2.17 bits per heavy atom. The number of aromatic nitrogens is 1. The lowest BCUT2D eigenvalue weighted by molar-refractivity contribution is 0.392. The second-order valence-corrected chi connectivity index (χ2v) is 5.63. The van der Waals surface area contributed by atoms with Gasteiger partial charge in [0.15, 0.2) is 0 Å². The predicted octanol–water partition coefficient (Wildman–Crippen LogP) is 4.17. The molecule has 102 valence electrons. The minimum Gasteiger partial charge on any atom is -0.304 e. The van der Waals surface area contributed by atoms with Gasteiger partial charge in [0, 0.05) is 12.2 Å². The zero-order chi connectivity index (χ0) is 13.7. The van der Waals surface area contributed by atoms with E-state index in [4.69, 9.17) is 4.98 Å². The van der Waals surface area contributed by atoms with Crippen LogP contribution in [0.5, 0.6) is 0 Å². The first-order valence-electron chi connectivity index (χ1n) is 7.13. The molecule has 2 nitrogen and oxygen atoms in total. The van der Waals surface area contributed by atoms with E-state index in [0.717, 1.165) is 13.0 Å². The highest BCUT2D eigenvalue weighted by Crippen LogP contribution is 2.25. The molecular formula is C16H28N2. The first-order chi connectivity index (χ1) is 8.49. The first kappa shape index (κ1) is 15.2. The molecule has 2 heteroatoms. The van der Waals surface area contributed by atoms with Crippen LogP contribution in [0.4, 0.5) is 0 Å². The summed E-state index contributed by atoms with van der Waals surface area (Å²) in [5.74, 6) is 1.15. The smallest absolute Gasteiger partial charge is 0.0581 e. The summed E-state index contributed by atoms with van der Waals surface area (Å²) in [6.07, 6.45) is 2.32. The lowest BCUT2D eigenvalue weighted by Gasteiger charge is -2.19. The fourth-order valence-corrected chi connectivity index (χ4v) is 2.11.